The van der Waals surface area contributed by atoms with Gasteiger partial charge in [-0.2, -0.15) is 4.98 Å². The first-order valence-electron chi connectivity index (χ1n) is 12.5. The van der Waals surface area contributed by atoms with Crippen LogP contribution in [0, 0.1) is 6.85 Å². The molecule has 0 aliphatic heterocycles. The largest absolute Gasteiger partial charge is 0.493 e. The lowest BCUT2D eigenvalue weighted by molar-refractivity contribution is 0.324. The van der Waals surface area contributed by atoms with Crippen LogP contribution in [-0.2, 0) is 6.50 Å². The summed E-state index contributed by atoms with van der Waals surface area (Å²) in [7, 11) is -0.744. The number of nitrogen functional groups attached to an aromatic ring is 2. The molecule has 0 bridgehead atoms. The number of rotatable bonds is 6. The van der Waals surface area contributed by atoms with Crippen LogP contribution in [0.2, 0.25) is 0 Å². The monoisotopic (exact) mass is 379 g/mol. The lowest BCUT2D eigenvalue weighted by Gasteiger charge is -2.16. The molecule has 0 radical (unpaired) electrons. The molecular weight excluding hydrogens is 346 g/mol. The first-order valence-corrected chi connectivity index (χ1v) is 7.52. The molecule has 8 heteroatoms. The molecule has 0 aliphatic rings. The van der Waals surface area contributed by atoms with Crippen molar-refractivity contribution in [3.63, 3.8) is 0 Å². The third-order valence-corrected chi connectivity index (χ3v) is 3.63. The zero-order valence-corrected chi connectivity index (χ0v) is 14.4. The molecule has 0 atom stereocenters. The molecular formula is C19H23N5O3. The fourth-order valence-corrected chi connectivity index (χ4v) is 2.42. The van der Waals surface area contributed by atoms with Gasteiger partial charge in [0.25, 0.3) is 0 Å². The maximum Gasteiger partial charge on any atom is 0.222 e. The van der Waals surface area contributed by atoms with Gasteiger partial charge in [0.05, 0.1) is 36.4 Å². The van der Waals surface area contributed by atoms with E-state index in [0.29, 0.717) is 0 Å². The topological polar surface area (TPSA) is 118 Å². The number of hydrogen-bond acceptors (Lipinski definition) is 8. The van der Waals surface area contributed by atoms with Crippen LogP contribution in [0.5, 0.6) is 17.2 Å². The number of nitrogens with one attached hydrogen (secondary N) is 1. The minimum Gasteiger partial charge on any atom is -0.493 e. The second-order valence-electron chi connectivity index (χ2n) is 5.22. The van der Waals surface area contributed by atoms with Crippen LogP contribution in [0.15, 0.2) is 24.2 Å². The molecule has 1 aromatic heterocycles. The van der Waals surface area contributed by atoms with Crippen molar-refractivity contribution in [2.75, 3.05) is 38.0 Å². The number of aryl methyl sites for hydroxylation is 1. The van der Waals surface area contributed by atoms with Crippen molar-refractivity contribution in [3.05, 3.63) is 35.3 Å². The van der Waals surface area contributed by atoms with Crippen LogP contribution in [0.1, 0.15) is 24.8 Å². The molecule has 0 unspecified atom stereocenters. The van der Waals surface area contributed by atoms with Crippen molar-refractivity contribution in [1.82, 2.24) is 9.97 Å². The molecule has 2 aromatic carbocycles. The Kier molecular flexibility index (Phi) is 2.62. The van der Waals surface area contributed by atoms with Crippen molar-refractivity contribution in [2.24, 2.45) is 0 Å². The van der Waals surface area contributed by atoms with Crippen LogP contribution in [0.3, 0.4) is 0 Å². The molecule has 27 heavy (non-hydrogen) atoms. The number of nitrogens with two attached hydrogens (primary N) is 2. The summed E-state index contributed by atoms with van der Waals surface area (Å²) in [6, 6.07) is 1.20. The fourth-order valence-electron chi connectivity index (χ4n) is 2.42. The number of aromatic nitrogens is 2. The van der Waals surface area contributed by atoms with Gasteiger partial charge in [-0.15, -0.1) is 0 Å². The summed E-state index contributed by atoms with van der Waals surface area (Å²) in [6.45, 7) is -5.63. The minimum atomic E-state index is -2.98. The van der Waals surface area contributed by atoms with Gasteiger partial charge < -0.3 is 31.0 Å². The Bertz CT molecular complexity index is 1330. The van der Waals surface area contributed by atoms with Crippen molar-refractivity contribution >= 4 is 28.4 Å². The van der Waals surface area contributed by atoms with Gasteiger partial charge in [-0.05, 0) is 24.0 Å². The van der Waals surface area contributed by atoms with E-state index in [4.69, 9.17) is 39.4 Å². The molecule has 0 saturated carbocycles. The first-order chi connectivity index (χ1) is 16.9. The van der Waals surface area contributed by atoms with Crippen LogP contribution in [-0.4, -0.2) is 31.2 Å². The fraction of sp³-hybridized carbons (Fsp3) is 0.263. The normalized spacial score (nSPS) is 17.6. The van der Waals surface area contributed by atoms with Gasteiger partial charge in [0.2, 0.25) is 11.7 Å². The van der Waals surface area contributed by atoms with Crippen molar-refractivity contribution in [2.45, 2.75) is 13.3 Å². The summed E-state index contributed by atoms with van der Waals surface area (Å²) >= 11 is 0. The molecule has 1 heterocycles. The predicted molar refractivity (Wildman–Crippen MR) is 107 cm³/mol. The summed E-state index contributed by atoms with van der Waals surface area (Å²) in [4.78, 5) is 7.77. The van der Waals surface area contributed by atoms with Gasteiger partial charge in [-0.3, -0.25) is 0 Å². The number of fused-ring (bicyclic) bond motifs is 1. The van der Waals surface area contributed by atoms with E-state index >= 15 is 0 Å². The van der Waals surface area contributed by atoms with E-state index in [1.54, 1.807) is 0 Å². The lowest BCUT2D eigenvalue weighted by atomic mass is 10.0. The smallest absolute Gasteiger partial charge is 0.222 e. The summed E-state index contributed by atoms with van der Waals surface area (Å²) in [5, 5.41) is 2.23. The molecule has 0 fully saturated rings. The number of hydrogen-bond donors (Lipinski definition) is 3. The molecule has 0 aliphatic carbocycles. The Hall–Kier alpha value is -3.42. The van der Waals surface area contributed by atoms with E-state index in [1.165, 1.54) is 6.07 Å². The van der Waals surface area contributed by atoms with Crippen LogP contribution < -0.4 is 31.0 Å². The van der Waals surface area contributed by atoms with E-state index in [1.807, 2.05) is 0 Å². The summed E-state index contributed by atoms with van der Waals surface area (Å²) in [5.74, 6) is -1.94. The minimum absolute atomic E-state index is 0.0764. The molecule has 8 nitrogen and oxygen atoms in total. The van der Waals surface area contributed by atoms with Gasteiger partial charge in [-0.25, -0.2) is 4.98 Å². The number of ether oxygens (including phenoxy) is 3. The third kappa shape index (κ3) is 3.46. The van der Waals surface area contributed by atoms with E-state index < -0.39 is 66.5 Å². The van der Waals surface area contributed by atoms with E-state index in [0.717, 1.165) is 20.3 Å². The molecule has 0 saturated heterocycles. The Morgan fingerprint density at radius 2 is 1.89 bits per heavy atom. The van der Waals surface area contributed by atoms with Gasteiger partial charge in [0, 0.05) is 33.8 Å². The third-order valence-electron chi connectivity index (χ3n) is 3.63. The molecule has 3 rings (SSSR count). The molecule has 142 valence electrons. The van der Waals surface area contributed by atoms with Crippen LogP contribution >= 0.6 is 0 Å². The number of nitrogens with zero attached hydrogens (tertiary/aromatic N) is 2. The predicted octanol–water partition coefficient (Wildman–Crippen LogP) is 2.74. The maximum atomic E-state index is 8.69. The Balaban J connectivity index is 2.28. The first kappa shape index (κ1) is 9.50. The van der Waals surface area contributed by atoms with E-state index in [2.05, 4.69) is 15.3 Å². The van der Waals surface area contributed by atoms with Crippen LogP contribution in [0.25, 0.3) is 10.9 Å². The summed E-state index contributed by atoms with van der Waals surface area (Å²) in [6.07, 6.45) is 0. The number of anilines is 3. The maximum absolute atomic E-state index is 8.69. The van der Waals surface area contributed by atoms with Crippen molar-refractivity contribution in [1.29, 1.82) is 0 Å². The zero-order valence-electron chi connectivity index (χ0n) is 24.4. The quantitative estimate of drug-likeness (QED) is 0.598. The lowest BCUT2D eigenvalue weighted by Crippen LogP contribution is -2.06. The molecule has 5 N–H and O–H groups in total. The van der Waals surface area contributed by atoms with Gasteiger partial charge in [-0.1, -0.05) is 6.07 Å². The molecule has 0 amide bonds. The number of methoxy groups -OCH3 is 3. The van der Waals surface area contributed by atoms with E-state index in [-0.39, 0.29) is 22.7 Å². The Morgan fingerprint density at radius 3 is 2.52 bits per heavy atom. The van der Waals surface area contributed by atoms with Crippen molar-refractivity contribution < 1.29 is 27.9 Å². The standard InChI is InChI=1S/C19H23N5O3/c1-10-11(5-6-13-16(10)18(20)24-19(21)23-13)9-22-12-7-14(25-2)17(27-4)15(8-12)26-3/h5-8,22H,9H2,1-4H3,(H4,20,21,23,24)/i1D3,4D3,7D,8D,9D2. The van der Waals surface area contributed by atoms with Gasteiger partial charge >= 0.3 is 0 Å². The van der Waals surface area contributed by atoms with Gasteiger partial charge in [0.1, 0.15) is 5.82 Å². The highest BCUT2D eigenvalue weighted by molar-refractivity contribution is 5.92. The second-order valence-corrected chi connectivity index (χ2v) is 5.22. The average Bonchev–Trinajstić information content (AvgIpc) is 2.74. The Morgan fingerprint density at radius 1 is 1.15 bits per heavy atom. The second kappa shape index (κ2) is 7.45. The SMILES string of the molecule is [2H]c1c(NC([2H])([2H])c2ccc3nc(N)nc(N)c3c2C([2H])([2H])[2H])c([2H])c(OC)c(OC([2H])([2H])[2H])c1OC. The van der Waals surface area contributed by atoms with Gasteiger partial charge in [0.15, 0.2) is 11.5 Å². The van der Waals surface area contributed by atoms with Crippen molar-refractivity contribution in [3.8, 4) is 17.2 Å². The average molecular weight is 379 g/mol. The number of benzene rings is 2. The molecule has 3 aromatic rings. The summed E-state index contributed by atoms with van der Waals surface area (Å²) < 4.78 is 95.6. The molecule has 0 spiro atoms. The Labute approximate surface area is 171 Å². The highest BCUT2D eigenvalue weighted by atomic mass is 16.5. The highest BCUT2D eigenvalue weighted by Gasteiger charge is 2.14. The summed E-state index contributed by atoms with van der Waals surface area (Å²) in [5.41, 5.74) is 10.2. The zero-order chi connectivity index (χ0) is 28.1. The van der Waals surface area contributed by atoms with Crippen LogP contribution in [0.4, 0.5) is 17.5 Å². The van der Waals surface area contributed by atoms with E-state index in [9.17, 15) is 0 Å². The highest BCUT2D eigenvalue weighted by Crippen LogP contribution is 2.40.